The zero-order valence-corrected chi connectivity index (χ0v) is 7.83. The van der Waals surface area contributed by atoms with E-state index in [0.717, 1.165) is 0 Å². The highest BCUT2D eigenvalue weighted by Gasteiger charge is 2.24. The van der Waals surface area contributed by atoms with Crippen LogP contribution in [0.25, 0.3) is 0 Å². The van der Waals surface area contributed by atoms with Crippen molar-refractivity contribution in [2.75, 3.05) is 6.61 Å². The average Bonchev–Trinajstić information content (AvgIpc) is 2.32. The molecule has 2 aliphatic rings. The highest BCUT2D eigenvalue weighted by molar-refractivity contribution is 6.01. The van der Waals surface area contributed by atoms with Crippen LogP contribution >= 0.6 is 0 Å². The van der Waals surface area contributed by atoms with Crippen LogP contribution in [0.1, 0.15) is 13.8 Å². The van der Waals surface area contributed by atoms with Gasteiger partial charge in [0.1, 0.15) is 5.76 Å². The van der Waals surface area contributed by atoms with E-state index in [-0.39, 0.29) is 17.8 Å². The van der Waals surface area contributed by atoms with Crippen molar-refractivity contribution in [2.24, 2.45) is 5.41 Å². The van der Waals surface area contributed by atoms with Gasteiger partial charge in [-0.2, -0.15) is 0 Å². The molecule has 0 aromatic carbocycles. The van der Waals surface area contributed by atoms with Gasteiger partial charge < -0.3 is 4.74 Å². The van der Waals surface area contributed by atoms with Gasteiger partial charge in [0.2, 0.25) is 5.78 Å². The molecule has 0 spiro atoms. The van der Waals surface area contributed by atoms with Crippen LogP contribution in [0.5, 0.6) is 0 Å². The molecule has 2 heteroatoms. The fraction of sp³-hybridized carbons (Fsp3) is 0.364. The molecule has 0 atom stereocenters. The van der Waals surface area contributed by atoms with Gasteiger partial charge in [0.05, 0.1) is 5.57 Å². The molecule has 1 aliphatic carbocycles. The number of hydrogen-bond acceptors (Lipinski definition) is 2. The number of ketones is 1. The first-order chi connectivity index (χ1) is 6.08. The smallest absolute Gasteiger partial charge is 0.203 e. The van der Waals surface area contributed by atoms with E-state index in [1.54, 1.807) is 0 Å². The summed E-state index contributed by atoms with van der Waals surface area (Å²) in [7, 11) is 0. The highest BCUT2D eigenvalue weighted by atomic mass is 16.5. The summed E-state index contributed by atoms with van der Waals surface area (Å²) in [5.74, 6) is 0.792. The third-order valence-corrected chi connectivity index (χ3v) is 2.27. The summed E-state index contributed by atoms with van der Waals surface area (Å²) in [4.78, 5) is 11.3. The van der Waals surface area contributed by atoms with Gasteiger partial charge in [0.25, 0.3) is 0 Å². The van der Waals surface area contributed by atoms with Crippen LogP contribution in [0.15, 0.2) is 35.6 Å². The lowest BCUT2D eigenvalue weighted by molar-refractivity contribution is -0.116. The molecule has 2 rings (SSSR count). The van der Waals surface area contributed by atoms with Crippen LogP contribution in [0.4, 0.5) is 0 Å². The summed E-state index contributed by atoms with van der Waals surface area (Å²) in [5.41, 5.74) is 0.718. The third kappa shape index (κ3) is 1.44. The summed E-state index contributed by atoms with van der Waals surface area (Å²) in [6.45, 7) is 4.37. The van der Waals surface area contributed by atoms with Crippen molar-refractivity contribution >= 4 is 5.78 Å². The van der Waals surface area contributed by atoms with Gasteiger partial charge in [-0.25, -0.2) is 0 Å². The Kier molecular flexibility index (Phi) is 1.65. The molecule has 0 fully saturated rings. The first-order valence-corrected chi connectivity index (χ1v) is 4.37. The number of carbonyl (C=O) groups excluding carboxylic acids is 1. The quantitative estimate of drug-likeness (QED) is 0.564. The van der Waals surface area contributed by atoms with E-state index in [0.29, 0.717) is 11.3 Å². The molecule has 1 heterocycles. The molecule has 0 unspecified atom stereocenters. The van der Waals surface area contributed by atoms with Crippen LogP contribution in [0.3, 0.4) is 0 Å². The topological polar surface area (TPSA) is 26.3 Å². The van der Waals surface area contributed by atoms with E-state index in [4.69, 9.17) is 4.74 Å². The number of hydrogen-bond donors (Lipinski definition) is 0. The Hall–Kier alpha value is -1.31. The average molecular weight is 176 g/mol. The molecule has 13 heavy (non-hydrogen) atoms. The molecule has 0 saturated heterocycles. The summed E-state index contributed by atoms with van der Waals surface area (Å²) >= 11 is 0. The molecule has 68 valence electrons. The van der Waals surface area contributed by atoms with Crippen LogP contribution in [0, 0.1) is 5.41 Å². The highest BCUT2D eigenvalue weighted by Crippen LogP contribution is 2.28. The van der Waals surface area contributed by atoms with Crippen molar-refractivity contribution in [3.63, 3.8) is 0 Å². The lowest BCUT2D eigenvalue weighted by atomic mass is 9.93. The van der Waals surface area contributed by atoms with Crippen molar-refractivity contribution < 1.29 is 9.53 Å². The summed E-state index contributed by atoms with van der Waals surface area (Å²) in [6.07, 6.45) is 7.83. The molecule has 1 aliphatic heterocycles. The van der Waals surface area contributed by atoms with E-state index in [1.807, 2.05) is 24.3 Å². The minimum atomic E-state index is 0.00792. The maximum absolute atomic E-state index is 11.3. The second kappa shape index (κ2) is 2.59. The van der Waals surface area contributed by atoms with E-state index >= 15 is 0 Å². The van der Waals surface area contributed by atoms with Gasteiger partial charge >= 0.3 is 0 Å². The van der Waals surface area contributed by atoms with E-state index < -0.39 is 0 Å². The molecule has 0 N–H and O–H groups in total. The van der Waals surface area contributed by atoms with Crippen molar-refractivity contribution in [1.82, 2.24) is 0 Å². The lowest BCUT2D eigenvalue weighted by Gasteiger charge is -2.12. The Morgan fingerprint density at radius 1 is 1.31 bits per heavy atom. The Morgan fingerprint density at radius 2 is 2.00 bits per heavy atom. The van der Waals surface area contributed by atoms with Crippen molar-refractivity contribution in [2.45, 2.75) is 13.8 Å². The Labute approximate surface area is 77.6 Å². The molecular formula is C11H12O2. The van der Waals surface area contributed by atoms with E-state index in [9.17, 15) is 4.79 Å². The standard InChI is InChI=1S/C11H12O2/c1-11(2)5-3-8-9(12)7-13-10(8)4-6-11/h3-6H,7H2,1-2H3. The van der Waals surface area contributed by atoms with E-state index in [1.165, 1.54) is 0 Å². The van der Waals surface area contributed by atoms with Crippen LogP contribution < -0.4 is 0 Å². The maximum Gasteiger partial charge on any atom is 0.203 e. The number of carbonyl (C=O) groups is 1. The fourth-order valence-electron chi connectivity index (χ4n) is 1.39. The number of Topliss-reactive ketones (excluding diaryl/α,β-unsaturated/α-hetero) is 1. The lowest BCUT2D eigenvalue weighted by Crippen LogP contribution is -2.03. The normalized spacial score (nSPS) is 24.3. The largest absolute Gasteiger partial charge is 0.485 e. The van der Waals surface area contributed by atoms with Gasteiger partial charge in [-0.05, 0) is 6.08 Å². The number of allylic oxidation sites excluding steroid dienone is 4. The Balaban J connectivity index is 2.42. The second-order valence-electron chi connectivity index (χ2n) is 3.98. The van der Waals surface area contributed by atoms with Crippen molar-refractivity contribution in [3.05, 3.63) is 35.6 Å². The zero-order valence-electron chi connectivity index (χ0n) is 7.83. The van der Waals surface area contributed by atoms with Gasteiger partial charge in [-0.15, -0.1) is 0 Å². The van der Waals surface area contributed by atoms with Gasteiger partial charge in [0.15, 0.2) is 6.61 Å². The van der Waals surface area contributed by atoms with Gasteiger partial charge in [-0.3, -0.25) is 4.79 Å². The SMILES string of the molecule is CC1(C)C=CC2=C(C=C1)C(=O)CO2. The first-order valence-electron chi connectivity index (χ1n) is 4.37. The summed E-state index contributed by atoms with van der Waals surface area (Å²) in [6, 6.07) is 0. The number of ether oxygens (including phenoxy) is 1. The number of rotatable bonds is 0. The fourth-order valence-corrected chi connectivity index (χ4v) is 1.39. The zero-order chi connectivity index (χ0) is 9.47. The third-order valence-electron chi connectivity index (χ3n) is 2.27. The molecule has 0 saturated carbocycles. The Bertz CT molecular complexity index is 343. The Morgan fingerprint density at radius 3 is 2.77 bits per heavy atom. The molecule has 0 bridgehead atoms. The summed E-state index contributed by atoms with van der Waals surface area (Å²) in [5, 5.41) is 0. The van der Waals surface area contributed by atoms with Crippen molar-refractivity contribution in [3.8, 4) is 0 Å². The second-order valence-corrected chi connectivity index (χ2v) is 3.98. The van der Waals surface area contributed by atoms with E-state index in [2.05, 4.69) is 13.8 Å². The minimum Gasteiger partial charge on any atom is -0.485 e. The molecule has 0 aromatic heterocycles. The molecule has 0 radical (unpaired) electrons. The molecule has 0 amide bonds. The molecule has 2 nitrogen and oxygen atoms in total. The maximum atomic E-state index is 11.3. The first kappa shape index (κ1) is 8.30. The van der Waals surface area contributed by atoms with Crippen molar-refractivity contribution in [1.29, 1.82) is 0 Å². The monoisotopic (exact) mass is 176 g/mol. The molecule has 0 aromatic rings. The summed E-state index contributed by atoms with van der Waals surface area (Å²) < 4.78 is 5.23. The van der Waals surface area contributed by atoms with Crippen LogP contribution in [0.2, 0.25) is 0 Å². The predicted octanol–water partition coefficient (Wildman–Crippen LogP) is 1.99. The van der Waals surface area contributed by atoms with Crippen LogP contribution in [-0.2, 0) is 9.53 Å². The minimum absolute atomic E-state index is 0.00792. The predicted molar refractivity (Wildman–Crippen MR) is 50.0 cm³/mol. The van der Waals surface area contributed by atoms with Crippen LogP contribution in [-0.4, -0.2) is 12.4 Å². The van der Waals surface area contributed by atoms with Gasteiger partial charge in [-0.1, -0.05) is 32.1 Å². The molecular weight excluding hydrogens is 164 g/mol. The van der Waals surface area contributed by atoms with Gasteiger partial charge in [0, 0.05) is 5.41 Å².